The smallest absolute Gasteiger partial charge is 0.342 e. The fourth-order valence-corrected chi connectivity index (χ4v) is 3.17. The van der Waals surface area contributed by atoms with Gasteiger partial charge in [-0.3, -0.25) is 4.79 Å². The molecular weight excluding hydrogens is 368 g/mol. The van der Waals surface area contributed by atoms with E-state index >= 15 is 0 Å². The molecule has 0 unspecified atom stereocenters. The van der Waals surface area contributed by atoms with E-state index in [2.05, 4.69) is 10.3 Å². The molecule has 7 heteroatoms. The third-order valence-electron chi connectivity index (χ3n) is 4.09. The number of carbonyl (C=O) groups is 2. The number of amides is 1. The van der Waals surface area contributed by atoms with Crippen molar-refractivity contribution in [3.05, 3.63) is 64.1 Å². The molecule has 140 valence electrons. The minimum Gasteiger partial charge on any atom is -0.459 e. The van der Waals surface area contributed by atoms with Gasteiger partial charge < -0.3 is 14.5 Å². The molecular formula is C20H19ClN2O4. The third-order valence-corrected chi connectivity index (χ3v) is 4.36. The summed E-state index contributed by atoms with van der Waals surface area (Å²) in [6.45, 7) is 4.89. The van der Waals surface area contributed by atoms with E-state index in [-0.39, 0.29) is 16.8 Å². The maximum absolute atomic E-state index is 12.2. The molecule has 0 saturated heterocycles. The van der Waals surface area contributed by atoms with Crippen LogP contribution < -0.4 is 5.32 Å². The fourth-order valence-electron chi connectivity index (χ4n) is 2.81. The first-order valence-corrected chi connectivity index (χ1v) is 8.81. The Labute approximate surface area is 161 Å². The summed E-state index contributed by atoms with van der Waals surface area (Å²) in [7, 11) is 0. The normalized spacial score (nSPS) is 12.0. The van der Waals surface area contributed by atoms with Crippen LogP contribution in [0.5, 0.6) is 0 Å². The summed E-state index contributed by atoms with van der Waals surface area (Å²) >= 11 is 6.02. The number of fused-ring (bicyclic) bond motifs is 1. The van der Waals surface area contributed by atoms with Crippen molar-refractivity contribution in [3.63, 3.8) is 0 Å². The van der Waals surface area contributed by atoms with Crippen molar-refractivity contribution in [3.8, 4) is 0 Å². The van der Waals surface area contributed by atoms with Gasteiger partial charge in [-0.05, 0) is 44.5 Å². The van der Waals surface area contributed by atoms with Crippen molar-refractivity contribution in [2.75, 3.05) is 6.61 Å². The second kappa shape index (κ2) is 7.80. The van der Waals surface area contributed by atoms with Gasteiger partial charge in [0.1, 0.15) is 16.5 Å². The Morgan fingerprint density at radius 1 is 1.26 bits per heavy atom. The van der Waals surface area contributed by atoms with Gasteiger partial charge in [0.05, 0.1) is 11.6 Å². The molecule has 3 rings (SSSR count). The Morgan fingerprint density at radius 2 is 2.00 bits per heavy atom. The first kappa shape index (κ1) is 18.9. The number of esters is 1. The van der Waals surface area contributed by atoms with Crippen LogP contribution in [0.4, 0.5) is 0 Å². The van der Waals surface area contributed by atoms with E-state index in [1.54, 1.807) is 26.8 Å². The Kier molecular flexibility index (Phi) is 5.46. The zero-order valence-corrected chi connectivity index (χ0v) is 16.0. The van der Waals surface area contributed by atoms with Gasteiger partial charge in [0.15, 0.2) is 6.61 Å². The van der Waals surface area contributed by atoms with Gasteiger partial charge in [0.25, 0.3) is 5.91 Å². The van der Waals surface area contributed by atoms with Gasteiger partial charge in [-0.25, -0.2) is 9.78 Å². The molecule has 1 aromatic carbocycles. The Balaban J connectivity index is 1.60. The standard InChI is InChI=1S/C20H19ClN2O4/c1-11-8-12(2)22-19(21)18(11)20(25)26-10-17(24)23-13(3)16-9-14-6-4-5-7-15(14)27-16/h4-9,13H,10H2,1-3H3,(H,23,24)/t13-/m0/s1. The quantitative estimate of drug-likeness (QED) is 0.526. The van der Waals surface area contributed by atoms with E-state index in [9.17, 15) is 9.59 Å². The van der Waals surface area contributed by atoms with Crippen molar-refractivity contribution >= 4 is 34.4 Å². The van der Waals surface area contributed by atoms with Crippen LogP contribution in [-0.4, -0.2) is 23.5 Å². The molecule has 2 aromatic heterocycles. The summed E-state index contributed by atoms with van der Waals surface area (Å²) in [5.74, 6) is -0.501. The number of hydrogen-bond donors (Lipinski definition) is 1. The average molecular weight is 387 g/mol. The minimum absolute atomic E-state index is 0.0635. The molecule has 1 N–H and O–H groups in total. The summed E-state index contributed by atoms with van der Waals surface area (Å²) in [5.41, 5.74) is 2.26. The molecule has 6 nitrogen and oxygen atoms in total. The SMILES string of the molecule is Cc1cc(C)c(C(=O)OCC(=O)N[C@@H](C)c2cc3ccccc3o2)c(Cl)n1. The molecule has 0 saturated carbocycles. The van der Waals surface area contributed by atoms with Crippen LogP contribution in [-0.2, 0) is 9.53 Å². The summed E-state index contributed by atoms with van der Waals surface area (Å²) in [4.78, 5) is 28.4. The van der Waals surface area contributed by atoms with Gasteiger partial charge in [0.2, 0.25) is 0 Å². The number of carbonyl (C=O) groups excluding carboxylic acids is 2. The number of halogens is 1. The molecule has 0 spiro atoms. The van der Waals surface area contributed by atoms with Crippen LogP contribution in [0, 0.1) is 13.8 Å². The number of benzene rings is 1. The number of aromatic nitrogens is 1. The van der Waals surface area contributed by atoms with Crippen LogP contribution in [0.25, 0.3) is 11.0 Å². The third kappa shape index (κ3) is 4.28. The van der Waals surface area contributed by atoms with Crippen LogP contribution in [0.15, 0.2) is 40.8 Å². The number of aryl methyl sites for hydroxylation is 2. The van der Waals surface area contributed by atoms with E-state index < -0.39 is 18.5 Å². The van der Waals surface area contributed by atoms with Crippen LogP contribution in [0.2, 0.25) is 5.15 Å². The number of nitrogens with one attached hydrogen (secondary N) is 1. The highest BCUT2D eigenvalue weighted by Gasteiger charge is 2.19. The van der Waals surface area contributed by atoms with Crippen molar-refractivity contribution < 1.29 is 18.7 Å². The van der Waals surface area contributed by atoms with Gasteiger partial charge in [-0.15, -0.1) is 0 Å². The van der Waals surface area contributed by atoms with Crippen molar-refractivity contribution in [2.24, 2.45) is 0 Å². The first-order valence-electron chi connectivity index (χ1n) is 8.44. The molecule has 0 aliphatic rings. The number of pyridine rings is 1. The molecule has 1 amide bonds. The number of para-hydroxylation sites is 1. The number of hydrogen-bond acceptors (Lipinski definition) is 5. The van der Waals surface area contributed by atoms with Gasteiger partial charge in [-0.1, -0.05) is 29.8 Å². The molecule has 0 aliphatic heterocycles. The first-order chi connectivity index (χ1) is 12.8. The lowest BCUT2D eigenvalue weighted by atomic mass is 10.1. The molecule has 0 fully saturated rings. The van der Waals surface area contributed by atoms with Gasteiger partial charge in [0, 0.05) is 11.1 Å². The lowest BCUT2D eigenvalue weighted by molar-refractivity contribution is -0.125. The largest absolute Gasteiger partial charge is 0.459 e. The number of rotatable bonds is 5. The summed E-state index contributed by atoms with van der Waals surface area (Å²) in [6, 6.07) is 10.8. The van der Waals surface area contributed by atoms with E-state index in [1.807, 2.05) is 30.3 Å². The van der Waals surface area contributed by atoms with Crippen molar-refractivity contribution in [1.82, 2.24) is 10.3 Å². The van der Waals surface area contributed by atoms with Crippen LogP contribution >= 0.6 is 11.6 Å². The van der Waals surface area contributed by atoms with E-state index in [1.165, 1.54) is 0 Å². The van der Waals surface area contributed by atoms with Crippen LogP contribution in [0.1, 0.15) is 40.3 Å². The monoisotopic (exact) mass is 386 g/mol. The zero-order valence-electron chi connectivity index (χ0n) is 15.2. The maximum Gasteiger partial charge on any atom is 0.342 e. The summed E-state index contributed by atoms with van der Waals surface area (Å²) < 4.78 is 10.8. The Bertz CT molecular complexity index is 956. The fraction of sp³-hybridized carbons (Fsp3) is 0.250. The highest BCUT2D eigenvalue weighted by molar-refractivity contribution is 6.32. The highest BCUT2D eigenvalue weighted by Crippen LogP contribution is 2.23. The lowest BCUT2D eigenvalue weighted by Crippen LogP contribution is -2.31. The molecule has 27 heavy (non-hydrogen) atoms. The Hall–Kier alpha value is -2.86. The highest BCUT2D eigenvalue weighted by atomic mass is 35.5. The molecule has 0 radical (unpaired) electrons. The second-order valence-corrected chi connectivity index (χ2v) is 6.66. The number of nitrogens with zero attached hydrogens (tertiary/aromatic N) is 1. The zero-order chi connectivity index (χ0) is 19.6. The average Bonchev–Trinajstić information content (AvgIpc) is 3.03. The predicted molar refractivity (Wildman–Crippen MR) is 102 cm³/mol. The number of furan rings is 1. The molecule has 1 atom stereocenters. The topological polar surface area (TPSA) is 81.4 Å². The van der Waals surface area contributed by atoms with E-state index in [0.717, 1.165) is 11.0 Å². The Morgan fingerprint density at radius 3 is 2.70 bits per heavy atom. The van der Waals surface area contributed by atoms with Gasteiger partial charge in [-0.2, -0.15) is 0 Å². The van der Waals surface area contributed by atoms with Crippen LogP contribution in [0.3, 0.4) is 0 Å². The summed E-state index contributed by atoms with van der Waals surface area (Å²) in [5, 5.41) is 3.76. The molecule has 3 aromatic rings. The van der Waals surface area contributed by atoms with Crippen molar-refractivity contribution in [2.45, 2.75) is 26.8 Å². The second-order valence-electron chi connectivity index (χ2n) is 6.30. The number of ether oxygens (including phenoxy) is 1. The summed E-state index contributed by atoms with van der Waals surface area (Å²) in [6.07, 6.45) is 0. The molecule has 2 heterocycles. The predicted octanol–water partition coefficient (Wildman–Crippen LogP) is 4.13. The van der Waals surface area contributed by atoms with E-state index in [4.69, 9.17) is 20.8 Å². The lowest BCUT2D eigenvalue weighted by Gasteiger charge is -2.12. The van der Waals surface area contributed by atoms with E-state index in [0.29, 0.717) is 17.0 Å². The van der Waals surface area contributed by atoms with Crippen molar-refractivity contribution in [1.29, 1.82) is 0 Å². The maximum atomic E-state index is 12.2. The van der Waals surface area contributed by atoms with Gasteiger partial charge >= 0.3 is 5.97 Å². The molecule has 0 bridgehead atoms. The molecule has 0 aliphatic carbocycles. The minimum atomic E-state index is -0.684.